The Hall–Kier alpha value is -2.83. The van der Waals surface area contributed by atoms with Gasteiger partial charge >= 0.3 is 17.7 Å². The van der Waals surface area contributed by atoms with Gasteiger partial charge in [0.05, 0.1) is 18.4 Å². The van der Waals surface area contributed by atoms with Crippen molar-refractivity contribution in [2.45, 2.75) is 12.8 Å². The molecule has 2 rings (SSSR count). The molecule has 21 heavy (non-hydrogen) atoms. The number of benzene rings is 1. The third-order valence-corrected chi connectivity index (χ3v) is 2.88. The van der Waals surface area contributed by atoms with Crippen LogP contribution < -0.4 is 5.76 Å². The van der Waals surface area contributed by atoms with E-state index in [4.69, 9.17) is 14.6 Å². The van der Waals surface area contributed by atoms with Crippen molar-refractivity contribution in [1.29, 1.82) is 0 Å². The second-order valence-electron chi connectivity index (χ2n) is 4.59. The number of aromatic amines is 1. The fraction of sp³-hybridized carbons (Fsp3) is 0.214. The van der Waals surface area contributed by atoms with Crippen LogP contribution in [0.4, 0.5) is 0 Å². The van der Waals surface area contributed by atoms with E-state index in [9.17, 15) is 14.4 Å². The van der Waals surface area contributed by atoms with Crippen molar-refractivity contribution in [3.8, 4) is 0 Å². The number of nitrogens with one attached hydrogen (secondary N) is 1. The number of oxazole rings is 1. The molecule has 0 aliphatic carbocycles. The number of allylic oxidation sites excluding steroid dienone is 1. The highest BCUT2D eigenvalue weighted by molar-refractivity contribution is 5.76. The van der Waals surface area contributed by atoms with E-state index < -0.39 is 23.6 Å². The highest BCUT2D eigenvalue weighted by Gasteiger charge is 2.14. The molecule has 1 heterocycles. The highest BCUT2D eigenvalue weighted by atomic mass is 16.4. The van der Waals surface area contributed by atoms with Crippen LogP contribution in [0, 0.1) is 5.92 Å². The van der Waals surface area contributed by atoms with Crippen LogP contribution in [0.2, 0.25) is 0 Å². The van der Waals surface area contributed by atoms with Gasteiger partial charge in [0, 0.05) is 0 Å². The summed E-state index contributed by atoms with van der Waals surface area (Å²) in [5, 5.41) is 17.5. The van der Waals surface area contributed by atoms with Gasteiger partial charge in [0.25, 0.3) is 0 Å². The smallest absolute Gasteiger partial charge is 0.417 e. The molecule has 3 N–H and O–H groups in total. The van der Waals surface area contributed by atoms with Crippen LogP contribution in [-0.2, 0) is 9.59 Å². The number of rotatable bonds is 6. The fourth-order valence-corrected chi connectivity index (χ4v) is 1.97. The topological polar surface area (TPSA) is 121 Å². The number of aromatic nitrogens is 1. The molecule has 110 valence electrons. The molecule has 0 saturated heterocycles. The van der Waals surface area contributed by atoms with Gasteiger partial charge in [-0.15, -0.1) is 0 Å². The maximum absolute atomic E-state index is 11.0. The molecule has 0 atom stereocenters. The van der Waals surface area contributed by atoms with Gasteiger partial charge in [0.15, 0.2) is 5.58 Å². The maximum atomic E-state index is 11.0. The second kappa shape index (κ2) is 6.08. The SMILES string of the molecule is O=C(O)CC(C=Cc1ccc2[nH]c(=O)oc2c1)CC(=O)O. The third kappa shape index (κ3) is 4.07. The van der Waals surface area contributed by atoms with Crippen molar-refractivity contribution >= 4 is 29.1 Å². The Morgan fingerprint density at radius 2 is 1.90 bits per heavy atom. The highest BCUT2D eigenvalue weighted by Crippen LogP contribution is 2.17. The number of hydrogen-bond acceptors (Lipinski definition) is 4. The second-order valence-corrected chi connectivity index (χ2v) is 4.59. The summed E-state index contributed by atoms with van der Waals surface area (Å²) in [5.41, 5.74) is 1.63. The van der Waals surface area contributed by atoms with Gasteiger partial charge in [-0.1, -0.05) is 18.2 Å². The van der Waals surface area contributed by atoms with Gasteiger partial charge in [0.1, 0.15) is 0 Å². The first-order valence-electron chi connectivity index (χ1n) is 6.18. The number of hydrogen-bond donors (Lipinski definition) is 3. The summed E-state index contributed by atoms with van der Waals surface area (Å²) in [4.78, 5) is 34.9. The largest absolute Gasteiger partial charge is 0.481 e. The summed E-state index contributed by atoms with van der Waals surface area (Å²) in [6.07, 6.45) is 2.63. The summed E-state index contributed by atoms with van der Waals surface area (Å²) < 4.78 is 4.91. The zero-order chi connectivity index (χ0) is 15.4. The van der Waals surface area contributed by atoms with Crippen LogP contribution in [0.3, 0.4) is 0 Å². The van der Waals surface area contributed by atoms with Gasteiger partial charge < -0.3 is 14.6 Å². The lowest BCUT2D eigenvalue weighted by molar-refractivity contribution is -0.139. The third-order valence-electron chi connectivity index (χ3n) is 2.88. The van der Waals surface area contributed by atoms with Crippen LogP contribution >= 0.6 is 0 Å². The van der Waals surface area contributed by atoms with Gasteiger partial charge in [-0.05, 0) is 23.6 Å². The monoisotopic (exact) mass is 291 g/mol. The van der Waals surface area contributed by atoms with E-state index in [1.807, 2.05) is 0 Å². The van der Waals surface area contributed by atoms with E-state index in [1.165, 1.54) is 6.08 Å². The minimum absolute atomic E-state index is 0.260. The van der Waals surface area contributed by atoms with E-state index in [-0.39, 0.29) is 12.8 Å². The van der Waals surface area contributed by atoms with Crippen molar-refractivity contribution in [2.24, 2.45) is 5.92 Å². The summed E-state index contributed by atoms with van der Waals surface area (Å²) in [7, 11) is 0. The molecule has 7 heteroatoms. The predicted octanol–water partition coefficient (Wildman–Crippen LogP) is 1.70. The van der Waals surface area contributed by atoms with E-state index in [0.717, 1.165) is 0 Å². The van der Waals surface area contributed by atoms with Crippen LogP contribution in [0.1, 0.15) is 18.4 Å². The van der Waals surface area contributed by atoms with Crippen molar-refractivity contribution in [3.05, 3.63) is 40.4 Å². The number of carboxylic acid groups (broad SMARTS) is 2. The summed E-state index contributed by atoms with van der Waals surface area (Å²) in [6, 6.07) is 4.98. The van der Waals surface area contributed by atoms with Gasteiger partial charge in [0.2, 0.25) is 0 Å². The van der Waals surface area contributed by atoms with E-state index in [2.05, 4.69) is 4.98 Å². The first-order valence-corrected chi connectivity index (χ1v) is 6.18. The molecule has 0 radical (unpaired) electrons. The number of carboxylic acids is 2. The van der Waals surface area contributed by atoms with Crippen molar-refractivity contribution in [1.82, 2.24) is 4.98 Å². The molecule has 0 spiro atoms. The lowest BCUT2D eigenvalue weighted by atomic mass is 10.00. The summed E-state index contributed by atoms with van der Waals surface area (Å²) in [6.45, 7) is 0. The molecule has 0 unspecified atom stereocenters. The molecule has 0 aliphatic rings. The van der Waals surface area contributed by atoms with E-state index in [0.29, 0.717) is 16.7 Å². The Morgan fingerprint density at radius 1 is 1.24 bits per heavy atom. The quantitative estimate of drug-likeness (QED) is 0.744. The van der Waals surface area contributed by atoms with Gasteiger partial charge in [-0.3, -0.25) is 14.6 Å². The Bertz CT molecular complexity index is 738. The van der Waals surface area contributed by atoms with Crippen molar-refractivity contribution in [2.75, 3.05) is 0 Å². The van der Waals surface area contributed by atoms with Crippen LogP contribution in [-0.4, -0.2) is 27.1 Å². The van der Waals surface area contributed by atoms with E-state index in [1.54, 1.807) is 24.3 Å². The number of fused-ring (bicyclic) bond motifs is 1. The predicted molar refractivity (Wildman–Crippen MR) is 73.9 cm³/mol. The molecule has 2 aromatic rings. The molecule has 0 saturated carbocycles. The lowest BCUT2D eigenvalue weighted by Crippen LogP contribution is -2.10. The summed E-state index contributed by atoms with van der Waals surface area (Å²) in [5.74, 6) is -3.27. The molecular formula is C14H13NO6. The molecule has 1 aromatic carbocycles. The lowest BCUT2D eigenvalue weighted by Gasteiger charge is -2.06. The van der Waals surface area contributed by atoms with Crippen LogP contribution in [0.25, 0.3) is 17.2 Å². The van der Waals surface area contributed by atoms with Crippen molar-refractivity contribution in [3.63, 3.8) is 0 Å². The number of H-pyrrole nitrogens is 1. The molecule has 1 aromatic heterocycles. The molecular weight excluding hydrogens is 278 g/mol. The van der Waals surface area contributed by atoms with E-state index >= 15 is 0 Å². The zero-order valence-corrected chi connectivity index (χ0v) is 10.9. The molecule has 0 aliphatic heterocycles. The Kier molecular flexibility index (Phi) is 4.22. The van der Waals surface area contributed by atoms with Crippen LogP contribution in [0.15, 0.2) is 33.5 Å². The Morgan fingerprint density at radius 3 is 2.52 bits per heavy atom. The average molecular weight is 291 g/mol. The number of carbonyl (C=O) groups is 2. The molecule has 0 amide bonds. The molecule has 0 bridgehead atoms. The zero-order valence-electron chi connectivity index (χ0n) is 10.9. The summed E-state index contributed by atoms with van der Waals surface area (Å²) >= 11 is 0. The standard InChI is InChI=1S/C14H13NO6/c16-12(17)6-9(7-13(18)19)2-1-8-3-4-10-11(5-8)21-14(20)15-10/h1-5,9H,6-7H2,(H,15,20)(H,16,17)(H,18,19). The van der Waals surface area contributed by atoms with Gasteiger partial charge in [-0.25, -0.2) is 4.79 Å². The Labute approximate surface area is 118 Å². The molecule has 7 nitrogen and oxygen atoms in total. The number of aliphatic carboxylic acids is 2. The minimum atomic E-state index is -1.06. The maximum Gasteiger partial charge on any atom is 0.417 e. The average Bonchev–Trinajstić information content (AvgIpc) is 2.73. The first-order chi connectivity index (χ1) is 9.94. The van der Waals surface area contributed by atoms with Crippen LogP contribution in [0.5, 0.6) is 0 Å². The van der Waals surface area contributed by atoms with Gasteiger partial charge in [-0.2, -0.15) is 0 Å². The first kappa shape index (κ1) is 14.6. The van der Waals surface area contributed by atoms with Crippen molar-refractivity contribution < 1.29 is 24.2 Å². The fourth-order valence-electron chi connectivity index (χ4n) is 1.97. The molecule has 0 fully saturated rings. The minimum Gasteiger partial charge on any atom is -0.481 e. The normalized spacial score (nSPS) is 11.5. The Balaban J connectivity index is 2.20.